The molecule has 0 saturated carbocycles. The summed E-state index contributed by atoms with van der Waals surface area (Å²) >= 11 is -2.70. The van der Waals surface area contributed by atoms with Gasteiger partial charge < -0.3 is 0 Å². The van der Waals surface area contributed by atoms with Gasteiger partial charge >= 0.3 is 137 Å². The molecule has 2 rings (SSSR count). The molecule has 0 bridgehead atoms. The molecule has 0 saturated heterocycles. The molecule has 0 amide bonds. The van der Waals surface area contributed by atoms with Crippen molar-refractivity contribution in [3.63, 3.8) is 0 Å². The Labute approximate surface area is 136 Å². The monoisotopic (exact) mass is 452 g/mol. The minimum atomic E-state index is -2.70. The third-order valence-corrected chi connectivity index (χ3v) is 28.2. The van der Waals surface area contributed by atoms with Crippen molar-refractivity contribution in [2.75, 3.05) is 0 Å². The van der Waals surface area contributed by atoms with E-state index >= 15 is 0 Å². The first-order chi connectivity index (χ1) is 9.88. The van der Waals surface area contributed by atoms with Gasteiger partial charge in [0.15, 0.2) is 0 Å². The molecule has 0 N–H and O–H groups in total. The fourth-order valence-electron chi connectivity index (χ4n) is 5.05. The topological polar surface area (TPSA) is 0 Å². The van der Waals surface area contributed by atoms with Gasteiger partial charge in [0.25, 0.3) is 0 Å². The fourth-order valence-corrected chi connectivity index (χ4v) is 25.6. The van der Waals surface area contributed by atoms with Crippen LogP contribution in [0.2, 0.25) is 15.7 Å². The molecule has 2 aliphatic rings. The number of rotatable bonds is 6. The summed E-state index contributed by atoms with van der Waals surface area (Å²) in [6.07, 6.45) is 19.9. The van der Waals surface area contributed by atoms with Crippen LogP contribution in [0.15, 0.2) is 47.6 Å². The second-order valence-electron chi connectivity index (χ2n) is 7.49. The third-order valence-electron chi connectivity index (χ3n) is 6.38. The Morgan fingerprint density at radius 2 is 1.19 bits per heavy atom. The first-order valence-electron chi connectivity index (χ1n) is 8.61. The minimum absolute atomic E-state index is 0.417. The zero-order valence-corrected chi connectivity index (χ0v) is 18.4. The summed E-state index contributed by atoms with van der Waals surface area (Å²) in [6.45, 7) is 9.47. The van der Waals surface area contributed by atoms with E-state index in [1.54, 1.807) is 11.1 Å². The summed E-state index contributed by atoms with van der Waals surface area (Å²) in [5.41, 5.74) is 3.28. The molecule has 116 valence electrons. The van der Waals surface area contributed by atoms with Crippen molar-refractivity contribution in [3.8, 4) is 0 Å². The molecule has 0 aromatic heterocycles. The Morgan fingerprint density at radius 3 is 1.43 bits per heavy atom. The first kappa shape index (κ1) is 17.2. The van der Waals surface area contributed by atoms with Crippen molar-refractivity contribution in [2.45, 2.75) is 69.1 Å². The van der Waals surface area contributed by atoms with Gasteiger partial charge in [-0.1, -0.05) is 0 Å². The van der Waals surface area contributed by atoms with Crippen LogP contribution < -0.4 is 0 Å². The van der Waals surface area contributed by atoms with Crippen molar-refractivity contribution in [2.24, 2.45) is 0 Å². The van der Waals surface area contributed by atoms with Crippen LogP contribution in [-0.4, -0.2) is 0 Å². The summed E-state index contributed by atoms with van der Waals surface area (Å²) in [7, 11) is 0. The summed E-state index contributed by atoms with van der Waals surface area (Å²) in [5.74, 6) is 0. The Bertz CT molecular complexity index is 472. The Kier molecular flexibility index (Phi) is 5.03. The summed E-state index contributed by atoms with van der Waals surface area (Å²) in [6, 6.07) is 0. The van der Waals surface area contributed by atoms with E-state index in [4.69, 9.17) is 0 Å². The van der Waals surface area contributed by atoms with Crippen molar-refractivity contribution in [3.05, 3.63) is 47.6 Å². The summed E-state index contributed by atoms with van der Waals surface area (Å²) in [5, 5.41) is 0. The third kappa shape index (κ3) is 2.35. The van der Waals surface area contributed by atoms with E-state index in [1.165, 1.54) is 25.7 Å². The molecule has 0 nitrogen and oxygen atoms in total. The average molecular weight is 451 g/mol. The summed E-state index contributed by atoms with van der Waals surface area (Å²) < 4.78 is 6.28. The molecule has 0 radical (unpaired) electrons. The van der Waals surface area contributed by atoms with Gasteiger partial charge in [0, 0.05) is 0 Å². The normalized spacial score (nSPS) is 31.7. The second-order valence-corrected chi connectivity index (χ2v) is 25.6. The van der Waals surface area contributed by atoms with E-state index in [9.17, 15) is 0 Å². The average Bonchev–Trinajstić information content (AvgIpc) is 2.97. The number of hydrogen-bond acceptors (Lipinski definition) is 0. The molecule has 1 heteroatoms. The van der Waals surface area contributed by atoms with Crippen LogP contribution in [-0.2, 0) is 20.0 Å². The second kappa shape index (κ2) is 6.14. The van der Waals surface area contributed by atoms with E-state index in [0.717, 1.165) is 0 Å². The van der Waals surface area contributed by atoms with E-state index < -0.39 is 20.0 Å². The van der Waals surface area contributed by atoms with Crippen LogP contribution in [0.1, 0.15) is 53.4 Å². The van der Waals surface area contributed by atoms with Gasteiger partial charge in [-0.05, 0) is 0 Å². The van der Waals surface area contributed by atoms with Gasteiger partial charge in [-0.25, -0.2) is 0 Å². The van der Waals surface area contributed by atoms with Crippen LogP contribution in [0.3, 0.4) is 0 Å². The summed E-state index contributed by atoms with van der Waals surface area (Å²) in [4.78, 5) is 0. The predicted molar refractivity (Wildman–Crippen MR) is 92.7 cm³/mol. The Balaban J connectivity index is 2.58. The van der Waals surface area contributed by atoms with Gasteiger partial charge in [-0.15, -0.1) is 0 Å². The SMILES string of the molecule is CCC[C]1([Hf]([CH3])([CH3])[C]2(CCC)C=CC=C2C)C=CC=C1C. The molecular formula is C20H32Hf. The maximum absolute atomic E-state index is 2.72. The van der Waals surface area contributed by atoms with E-state index in [-0.39, 0.29) is 0 Å². The first-order valence-corrected chi connectivity index (χ1v) is 19.4. The molecule has 0 aromatic rings. The van der Waals surface area contributed by atoms with Crippen LogP contribution in [0.4, 0.5) is 0 Å². The van der Waals surface area contributed by atoms with Crippen molar-refractivity contribution in [1.82, 2.24) is 0 Å². The van der Waals surface area contributed by atoms with Crippen LogP contribution in [0.5, 0.6) is 0 Å². The standard InChI is InChI=1S/2C9H13.2CH3.Hf/c2*1-3-5-9-7-4-6-8(9)2;;;/h2*4,6-7H,3,5H2,1-2H3;2*1H3;. The van der Waals surface area contributed by atoms with Gasteiger partial charge in [0.2, 0.25) is 0 Å². The van der Waals surface area contributed by atoms with Crippen molar-refractivity contribution < 1.29 is 20.0 Å². The molecule has 21 heavy (non-hydrogen) atoms. The van der Waals surface area contributed by atoms with Crippen molar-refractivity contribution in [1.29, 1.82) is 0 Å². The van der Waals surface area contributed by atoms with E-state index in [0.29, 0.717) is 6.34 Å². The zero-order valence-electron chi connectivity index (χ0n) is 14.8. The zero-order chi connectivity index (χ0) is 15.7. The van der Waals surface area contributed by atoms with Gasteiger partial charge in [0.05, 0.1) is 0 Å². The van der Waals surface area contributed by atoms with Gasteiger partial charge in [0.1, 0.15) is 0 Å². The van der Waals surface area contributed by atoms with E-state index in [1.807, 2.05) is 0 Å². The van der Waals surface area contributed by atoms with Crippen LogP contribution >= 0.6 is 0 Å². The Hall–Kier alpha value is -0.170. The number of allylic oxidation sites excluding steroid dienone is 8. The van der Waals surface area contributed by atoms with Crippen LogP contribution in [0, 0.1) is 0 Å². The molecule has 0 fully saturated rings. The van der Waals surface area contributed by atoms with E-state index in [2.05, 4.69) is 73.5 Å². The number of hydrogen-bond donors (Lipinski definition) is 0. The molecule has 2 aliphatic carbocycles. The van der Waals surface area contributed by atoms with Crippen molar-refractivity contribution >= 4 is 0 Å². The van der Waals surface area contributed by atoms with Crippen LogP contribution in [0.25, 0.3) is 0 Å². The molecule has 0 heterocycles. The predicted octanol–water partition coefficient (Wildman–Crippen LogP) is 7.19. The molecule has 0 aromatic carbocycles. The molecular weight excluding hydrogens is 419 g/mol. The molecule has 0 spiro atoms. The van der Waals surface area contributed by atoms with Gasteiger partial charge in [-0.3, -0.25) is 0 Å². The molecule has 0 aliphatic heterocycles. The molecule has 2 unspecified atom stereocenters. The Morgan fingerprint density at radius 1 is 0.810 bits per heavy atom. The maximum atomic E-state index is 2.72. The fraction of sp³-hybridized carbons (Fsp3) is 0.600. The quantitative estimate of drug-likeness (QED) is 0.376. The molecule has 2 atom stereocenters. The van der Waals surface area contributed by atoms with Gasteiger partial charge in [-0.2, -0.15) is 0 Å².